The second-order valence-electron chi connectivity index (χ2n) is 6.50. The van der Waals surface area contributed by atoms with Crippen molar-refractivity contribution in [3.63, 3.8) is 0 Å². The van der Waals surface area contributed by atoms with Crippen molar-refractivity contribution < 1.29 is 18.4 Å². The van der Waals surface area contributed by atoms with E-state index in [0.717, 1.165) is 25.0 Å². The molecule has 3 rings (SSSR count). The number of amides is 2. The zero-order chi connectivity index (χ0) is 20.6. The van der Waals surface area contributed by atoms with Crippen LogP contribution in [0.4, 0.5) is 14.5 Å². The first kappa shape index (κ1) is 20.2. The van der Waals surface area contributed by atoms with Gasteiger partial charge in [-0.3, -0.25) is 9.59 Å². The Hall–Kier alpha value is -3.54. The summed E-state index contributed by atoms with van der Waals surface area (Å²) < 4.78 is 26.7. The molecule has 0 aliphatic rings. The molecule has 0 aliphatic carbocycles. The zero-order valence-corrected chi connectivity index (χ0v) is 15.6. The van der Waals surface area contributed by atoms with Crippen molar-refractivity contribution in [2.45, 2.75) is 12.8 Å². The maximum Gasteiger partial charge on any atom is 0.255 e. The summed E-state index contributed by atoms with van der Waals surface area (Å²) in [7, 11) is 0. The van der Waals surface area contributed by atoms with Gasteiger partial charge in [-0.2, -0.15) is 0 Å². The monoisotopic (exact) mass is 394 g/mol. The lowest BCUT2D eigenvalue weighted by molar-refractivity contribution is 0.0953. The van der Waals surface area contributed by atoms with Crippen LogP contribution < -0.4 is 10.6 Å². The molecular weight excluding hydrogens is 374 g/mol. The highest BCUT2D eigenvalue weighted by molar-refractivity contribution is 6.06. The van der Waals surface area contributed by atoms with Crippen molar-refractivity contribution in [1.29, 1.82) is 0 Å². The van der Waals surface area contributed by atoms with E-state index in [1.807, 2.05) is 30.3 Å². The molecule has 0 atom stereocenters. The molecule has 3 aromatic rings. The van der Waals surface area contributed by atoms with Crippen LogP contribution in [-0.2, 0) is 6.42 Å². The fourth-order valence-electron chi connectivity index (χ4n) is 2.83. The molecule has 0 radical (unpaired) electrons. The molecule has 0 unspecified atom stereocenters. The summed E-state index contributed by atoms with van der Waals surface area (Å²) in [6.45, 7) is 0.505. The number of anilines is 1. The number of hydrogen-bond acceptors (Lipinski definition) is 2. The quantitative estimate of drug-likeness (QED) is 0.577. The number of rotatable bonds is 7. The summed E-state index contributed by atoms with van der Waals surface area (Å²) in [5, 5.41) is 5.21. The van der Waals surface area contributed by atoms with Crippen molar-refractivity contribution >= 4 is 17.5 Å². The minimum atomic E-state index is -0.870. The molecule has 0 aliphatic heterocycles. The summed E-state index contributed by atoms with van der Waals surface area (Å²) in [5.74, 6) is -2.48. The van der Waals surface area contributed by atoms with Crippen LogP contribution in [0, 0.1) is 11.6 Å². The Kier molecular flexibility index (Phi) is 6.68. The molecule has 0 fully saturated rings. The van der Waals surface area contributed by atoms with Gasteiger partial charge in [0.25, 0.3) is 11.8 Å². The largest absolute Gasteiger partial charge is 0.352 e. The van der Waals surface area contributed by atoms with E-state index < -0.39 is 17.5 Å². The van der Waals surface area contributed by atoms with Gasteiger partial charge in [0.2, 0.25) is 0 Å². The van der Waals surface area contributed by atoms with Crippen molar-refractivity contribution in [3.8, 4) is 0 Å². The summed E-state index contributed by atoms with van der Waals surface area (Å²) in [5.41, 5.74) is 1.60. The Labute approximate surface area is 167 Å². The number of halogens is 2. The summed E-state index contributed by atoms with van der Waals surface area (Å²) in [4.78, 5) is 24.7. The number of nitrogens with one attached hydrogen (secondary N) is 2. The fourth-order valence-corrected chi connectivity index (χ4v) is 2.83. The minimum Gasteiger partial charge on any atom is -0.352 e. The molecule has 2 N–H and O–H groups in total. The van der Waals surface area contributed by atoms with E-state index in [4.69, 9.17) is 0 Å². The van der Waals surface area contributed by atoms with Gasteiger partial charge in [-0.15, -0.1) is 0 Å². The number of benzene rings is 3. The Morgan fingerprint density at radius 3 is 2.24 bits per heavy atom. The van der Waals surface area contributed by atoms with E-state index in [1.54, 1.807) is 12.1 Å². The van der Waals surface area contributed by atoms with Gasteiger partial charge in [0.15, 0.2) is 0 Å². The standard InChI is InChI=1S/C23H20F2N2O2/c24-19-11-12-21(20(25)15-19)27-23(29)18-10-4-9-17(14-18)22(28)26-13-5-8-16-6-2-1-3-7-16/h1-4,6-7,9-12,14-15H,5,8,13H2,(H,26,28)(H,27,29). The number of carbonyl (C=O) groups is 2. The van der Waals surface area contributed by atoms with Gasteiger partial charge >= 0.3 is 0 Å². The van der Waals surface area contributed by atoms with Gasteiger partial charge in [-0.05, 0) is 48.7 Å². The van der Waals surface area contributed by atoms with Crippen molar-refractivity contribution in [3.05, 3.63) is 101 Å². The Morgan fingerprint density at radius 1 is 0.793 bits per heavy atom. The number of aryl methyl sites for hydroxylation is 1. The van der Waals surface area contributed by atoms with Crippen LogP contribution in [0.2, 0.25) is 0 Å². The molecule has 148 valence electrons. The van der Waals surface area contributed by atoms with Gasteiger partial charge in [-0.1, -0.05) is 36.4 Å². The second-order valence-corrected chi connectivity index (χ2v) is 6.50. The Morgan fingerprint density at radius 2 is 1.52 bits per heavy atom. The Balaban J connectivity index is 1.56. The smallest absolute Gasteiger partial charge is 0.255 e. The van der Waals surface area contributed by atoms with E-state index in [1.165, 1.54) is 17.7 Å². The maximum absolute atomic E-state index is 13.7. The first-order valence-corrected chi connectivity index (χ1v) is 9.21. The fraction of sp³-hybridized carbons (Fsp3) is 0.130. The molecule has 4 nitrogen and oxygen atoms in total. The molecule has 3 aromatic carbocycles. The number of hydrogen-bond donors (Lipinski definition) is 2. The van der Waals surface area contributed by atoms with E-state index in [2.05, 4.69) is 10.6 Å². The van der Waals surface area contributed by atoms with Gasteiger partial charge in [-0.25, -0.2) is 8.78 Å². The lowest BCUT2D eigenvalue weighted by atomic mass is 10.1. The molecule has 0 spiro atoms. The van der Waals surface area contributed by atoms with Crippen molar-refractivity contribution in [1.82, 2.24) is 5.32 Å². The van der Waals surface area contributed by atoms with Gasteiger partial charge < -0.3 is 10.6 Å². The lowest BCUT2D eigenvalue weighted by Gasteiger charge is -2.09. The van der Waals surface area contributed by atoms with Gasteiger partial charge in [0, 0.05) is 23.7 Å². The van der Waals surface area contributed by atoms with E-state index >= 15 is 0 Å². The normalized spacial score (nSPS) is 10.4. The molecule has 0 saturated carbocycles. The molecule has 2 amide bonds. The van der Waals surface area contributed by atoms with Crippen LogP contribution in [0.1, 0.15) is 32.7 Å². The second kappa shape index (κ2) is 9.59. The highest BCUT2D eigenvalue weighted by Crippen LogP contribution is 2.16. The molecule has 0 bridgehead atoms. The Bertz CT molecular complexity index is 1010. The van der Waals surface area contributed by atoms with Crippen LogP contribution in [0.15, 0.2) is 72.8 Å². The number of carbonyl (C=O) groups excluding carboxylic acids is 2. The lowest BCUT2D eigenvalue weighted by Crippen LogP contribution is -2.25. The average molecular weight is 394 g/mol. The van der Waals surface area contributed by atoms with Crippen LogP contribution in [0.3, 0.4) is 0 Å². The van der Waals surface area contributed by atoms with Gasteiger partial charge in [0.05, 0.1) is 5.69 Å². The molecule has 29 heavy (non-hydrogen) atoms. The van der Waals surface area contributed by atoms with Crippen molar-refractivity contribution in [2.75, 3.05) is 11.9 Å². The van der Waals surface area contributed by atoms with Crippen LogP contribution >= 0.6 is 0 Å². The predicted octanol–water partition coefficient (Wildman–Crippen LogP) is 4.58. The van der Waals surface area contributed by atoms with E-state index in [9.17, 15) is 18.4 Å². The predicted molar refractivity (Wildman–Crippen MR) is 108 cm³/mol. The average Bonchev–Trinajstić information content (AvgIpc) is 2.74. The maximum atomic E-state index is 13.7. The third-order valence-electron chi connectivity index (χ3n) is 4.34. The summed E-state index contributed by atoms with van der Waals surface area (Å²) in [6.07, 6.45) is 1.65. The third kappa shape index (κ3) is 5.72. The molecule has 0 heterocycles. The SMILES string of the molecule is O=C(NCCCc1ccccc1)c1cccc(C(=O)Nc2ccc(F)cc2F)c1. The molecular formula is C23H20F2N2O2. The summed E-state index contributed by atoms with van der Waals surface area (Å²) in [6, 6.07) is 19.0. The topological polar surface area (TPSA) is 58.2 Å². The van der Waals surface area contributed by atoms with Crippen LogP contribution in [0.5, 0.6) is 0 Å². The minimum absolute atomic E-state index is 0.132. The van der Waals surface area contributed by atoms with E-state index in [0.29, 0.717) is 18.2 Å². The van der Waals surface area contributed by atoms with Gasteiger partial charge in [0.1, 0.15) is 11.6 Å². The van der Waals surface area contributed by atoms with E-state index in [-0.39, 0.29) is 17.2 Å². The highest BCUT2D eigenvalue weighted by atomic mass is 19.1. The summed E-state index contributed by atoms with van der Waals surface area (Å²) >= 11 is 0. The first-order chi connectivity index (χ1) is 14.0. The van der Waals surface area contributed by atoms with Crippen LogP contribution in [-0.4, -0.2) is 18.4 Å². The molecule has 6 heteroatoms. The molecule has 0 aromatic heterocycles. The van der Waals surface area contributed by atoms with Crippen molar-refractivity contribution in [2.24, 2.45) is 0 Å². The first-order valence-electron chi connectivity index (χ1n) is 9.21. The third-order valence-corrected chi connectivity index (χ3v) is 4.34. The van der Waals surface area contributed by atoms with Crippen LogP contribution in [0.25, 0.3) is 0 Å². The zero-order valence-electron chi connectivity index (χ0n) is 15.6. The highest BCUT2D eigenvalue weighted by Gasteiger charge is 2.13. The molecule has 0 saturated heterocycles.